The number of hydrogen-bond donors (Lipinski definition) is 2. The van der Waals surface area contributed by atoms with Crippen LogP contribution >= 0.6 is 0 Å². The lowest BCUT2D eigenvalue weighted by atomic mass is 10.0. The lowest BCUT2D eigenvalue weighted by Gasteiger charge is -2.07. The van der Waals surface area contributed by atoms with E-state index in [9.17, 15) is 9.59 Å². The minimum atomic E-state index is -0.891. The zero-order chi connectivity index (χ0) is 10.7. The maximum Gasteiger partial charge on any atom is 0.345 e. The first-order valence-electron chi connectivity index (χ1n) is 4.28. The van der Waals surface area contributed by atoms with E-state index in [0.29, 0.717) is 11.4 Å². The van der Waals surface area contributed by atoms with Crippen LogP contribution in [0.5, 0.6) is 0 Å². The van der Waals surface area contributed by atoms with Crippen LogP contribution in [0, 0.1) is 6.92 Å². The van der Waals surface area contributed by atoms with Crippen molar-refractivity contribution in [2.75, 3.05) is 0 Å². The van der Waals surface area contributed by atoms with Crippen molar-refractivity contribution in [3.63, 3.8) is 0 Å². The molecule has 0 radical (unpaired) electrons. The van der Waals surface area contributed by atoms with E-state index in [1.165, 1.54) is 0 Å². The number of nitrogens with zero attached hydrogens (tertiary/aromatic N) is 1. The molecule has 2 N–H and O–H groups in total. The van der Waals surface area contributed by atoms with Gasteiger partial charge in [0.1, 0.15) is 0 Å². The van der Waals surface area contributed by atoms with Gasteiger partial charge >= 0.3 is 11.7 Å². The van der Waals surface area contributed by atoms with Crippen LogP contribution in [0.15, 0.2) is 10.9 Å². The Morgan fingerprint density at radius 3 is 2.86 bits per heavy atom. The second kappa shape index (κ2) is 4.04. The Labute approximate surface area is 80.8 Å². The molecule has 0 fully saturated rings. The largest absolute Gasteiger partial charge is 0.481 e. The first kappa shape index (κ1) is 10.4. The summed E-state index contributed by atoms with van der Waals surface area (Å²) in [7, 11) is 0. The molecular weight excluding hydrogens is 184 g/mol. The van der Waals surface area contributed by atoms with Gasteiger partial charge in [-0.25, -0.2) is 4.79 Å². The van der Waals surface area contributed by atoms with Crippen molar-refractivity contribution in [1.29, 1.82) is 0 Å². The molecule has 14 heavy (non-hydrogen) atoms. The van der Waals surface area contributed by atoms with E-state index in [4.69, 9.17) is 5.11 Å². The summed E-state index contributed by atoms with van der Waals surface area (Å²) >= 11 is 0. The molecule has 5 heteroatoms. The Kier molecular flexibility index (Phi) is 3.01. The van der Waals surface area contributed by atoms with Crippen molar-refractivity contribution in [2.45, 2.75) is 26.2 Å². The number of H-pyrrole nitrogens is 1. The normalized spacial score (nSPS) is 12.4. The predicted molar refractivity (Wildman–Crippen MR) is 50.3 cm³/mol. The molecule has 0 aliphatic rings. The summed E-state index contributed by atoms with van der Waals surface area (Å²) in [5.41, 5.74) is 0.781. The molecule has 0 spiro atoms. The third-order valence-electron chi connectivity index (χ3n) is 1.88. The molecule has 0 aromatic carbocycles. The number of aryl methyl sites for hydroxylation is 1. The van der Waals surface area contributed by atoms with E-state index in [1.54, 1.807) is 19.9 Å². The van der Waals surface area contributed by atoms with Crippen LogP contribution < -0.4 is 5.69 Å². The quantitative estimate of drug-likeness (QED) is 0.743. The van der Waals surface area contributed by atoms with Gasteiger partial charge in [-0.2, -0.15) is 4.98 Å². The summed E-state index contributed by atoms with van der Waals surface area (Å²) in [6, 6.07) is 1.69. The van der Waals surface area contributed by atoms with Crippen LogP contribution in [0.25, 0.3) is 0 Å². The Bertz CT molecular complexity index is 397. The van der Waals surface area contributed by atoms with Gasteiger partial charge in [0.2, 0.25) is 0 Å². The van der Waals surface area contributed by atoms with Gasteiger partial charge < -0.3 is 10.1 Å². The Balaban J connectivity index is 2.95. The number of carboxylic acids is 1. The van der Waals surface area contributed by atoms with E-state index < -0.39 is 11.7 Å². The second-order valence-electron chi connectivity index (χ2n) is 3.29. The molecule has 1 rings (SSSR count). The first-order chi connectivity index (χ1) is 6.49. The number of rotatable bonds is 3. The Hall–Kier alpha value is -1.65. The summed E-state index contributed by atoms with van der Waals surface area (Å²) in [4.78, 5) is 27.6. The number of aromatic nitrogens is 2. The molecule has 1 heterocycles. The van der Waals surface area contributed by atoms with Gasteiger partial charge in [-0.15, -0.1) is 0 Å². The lowest BCUT2D eigenvalue weighted by molar-refractivity contribution is -0.137. The molecule has 0 saturated carbocycles. The van der Waals surface area contributed by atoms with Crippen molar-refractivity contribution in [3.8, 4) is 0 Å². The number of nitrogens with one attached hydrogen (secondary N) is 1. The smallest absolute Gasteiger partial charge is 0.345 e. The monoisotopic (exact) mass is 196 g/mol. The summed E-state index contributed by atoms with van der Waals surface area (Å²) < 4.78 is 0. The molecule has 1 aromatic rings. The summed E-state index contributed by atoms with van der Waals surface area (Å²) in [6.07, 6.45) is -0.0180. The molecule has 0 bridgehead atoms. The van der Waals surface area contributed by atoms with Crippen LogP contribution in [0.1, 0.15) is 30.7 Å². The van der Waals surface area contributed by atoms with Crippen molar-refractivity contribution < 1.29 is 9.90 Å². The third-order valence-corrected chi connectivity index (χ3v) is 1.88. The number of aromatic amines is 1. The second-order valence-corrected chi connectivity index (χ2v) is 3.29. The van der Waals surface area contributed by atoms with Crippen LogP contribution in [0.4, 0.5) is 0 Å². The summed E-state index contributed by atoms with van der Waals surface area (Å²) in [6.45, 7) is 3.47. The van der Waals surface area contributed by atoms with Gasteiger partial charge in [-0.05, 0) is 13.0 Å². The highest BCUT2D eigenvalue weighted by atomic mass is 16.4. The molecule has 1 atom stereocenters. The third kappa shape index (κ3) is 2.69. The zero-order valence-corrected chi connectivity index (χ0v) is 8.07. The number of aliphatic carboxylic acids is 1. The molecular formula is C9H12N2O3. The molecule has 0 saturated heterocycles. The Morgan fingerprint density at radius 1 is 1.71 bits per heavy atom. The van der Waals surface area contributed by atoms with E-state index in [2.05, 4.69) is 9.97 Å². The number of carboxylic acid groups (broad SMARTS) is 1. The Morgan fingerprint density at radius 2 is 2.36 bits per heavy atom. The van der Waals surface area contributed by atoms with E-state index in [1.807, 2.05) is 0 Å². The fraction of sp³-hybridized carbons (Fsp3) is 0.444. The highest BCUT2D eigenvalue weighted by molar-refractivity contribution is 5.67. The topological polar surface area (TPSA) is 83.0 Å². The molecule has 5 nitrogen and oxygen atoms in total. The molecule has 0 aliphatic heterocycles. The standard InChI is InChI=1S/C9H12N2O3/c1-5(3-8(12)13)7-4-6(2)10-9(14)11-7/h4-5H,3H2,1-2H3,(H,12,13)(H,10,11,14). The first-order valence-corrected chi connectivity index (χ1v) is 4.28. The maximum atomic E-state index is 11.0. The van der Waals surface area contributed by atoms with Crippen molar-refractivity contribution in [1.82, 2.24) is 9.97 Å². The highest BCUT2D eigenvalue weighted by Gasteiger charge is 2.12. The summed E-state index contributed by atoms with van der Waals surface area (Å²) in [5, 5.41) is 8.57. The van der Waals surface area contributed by atoms with Gasteiger partial charge in [0.15, 0.2) is 0 Å². The maximum absolute atomic E-state index is 11.0. The highest BCUT2D eigenvalue weighted by Crippen LogP contribution is 2.15. The predicted octanol–water partition coefficient (Wildman–Crippen LogP) is 0.657. The average molecular weight is 196 g/mol. The average Bonchev–Trinajstić information content (AvgIpc) is 2.00. The minimum absolute atomic E-state index is 0.0180. The summed E-state index contributed by atoms with van der Waals surface area (Å²) in [5.74, 6) is -1.13. The van der Waals surface area contributed by atoms with Crippen molar-refractivity contribution in [2.24, 2.45) is 0 Å². The lowest BCUT2D eigenvalue weighted by Crippen LogP contribution is -2.16. The van der Waals surface area contributed by atoms with Crippen LogP contribution in [-0.2, 0) is 4.79 Å². The molecule has 0 aliphatic carbocycles. The number of hydrogen-bond acceptors (Lipinski definition) is 3. The number of carbonyl (C=O) groups is 1. The van der Waals surface area contributed by atoms with Gasteiger partial charge in [-0.1, -0.05) is 6.92 Å². The zero-order valence-electron chi connectivity index (χ0n) is 8.07. The van der Waals surface area contributed by atoms with Crippen LogP contribution in [-0.4, -0.2) is 21.0 Å². The van der Waals surface area contributed by atoms with Crippen LogP contribution in [0.2, 0.25) is 0 Å². The molecule has 0 amide bonds. The fourth-order valence-corrected chi connectivity index (χ4v) is 1.22. The van der Waals surface area contributed by atoms with Gasteiger partial charge in [0.25, 0.3) is 0 Å². The van der Waals surface area contributed by atoms with Crippen molar-refractivity contribution in [3.05, 3.63) is 27.9 Å². The van der Waals surface area contributed by atoms with Gasteiger partial charge in [0, 0.05) is 11.6 Å². The van der Waals surface area contributed by atoms with E-state index >= 15 is 0 Å². The van der Waals surface area contributed by atoms with Crippen molar-refractivity contribution >= 4 is 5.97 Å². The van der Waals surface area contributed by atoms with E-state index in [-0.39, 0.29) is 12.3 Å². The van der Waals surface area contributed by atoms with Gasteiger partial charge in [-0.3, -0.25) is 4.79 Å². The van der Waals surface area contributed by atoms with Crippen LogP contribution in [0.3, 0.4) is 0 Å². The molecule has 1 unspecified atom stereocenters. The van der Waals surface area contributed by atoms with Gasteiger partial charge in [0.05, 0.1) is 12.1 Å². The minimum Gasteiger partial charge on any atom is -0.481 e. The molecule has 76 valence electrons. The van der Waals surface area contributed by atoms with E-state index in [0.717, 1.165) is 0 Å². The molecule has 1 aromatic heterocycles. The SMILES string of the molecule is Cc1cc(C(C)CC(=O)O)nc(=O)[nH]1. The fourth-order valence-electron chi connectivity index (χ4n) is 1.22.